The molecule has 16 heavy (non-hydrogen) atoms. The van der Waals surface area contributed by atoms with Gasteiger partial charge in [0.05, 0.1) is 16.7 Å². The Morgan fingerprint density at radius 3 is 2.88 bits per heavy atom. The minimum atomic E-state index is -0.611. The van der Waals surface area contributed by atoms with Crippen LogP contribution in [0.2, 0.25) is 0 Å². The summed E-state index contributed by atoms with van der Waals surface area (Å²) in [6.07, 6.45) is 2.93. The molecule has 0 unspecified atom stereocenters. The molecular formula is C10H13FN2O2S. The molecule has 0 heterocycles. The minimum absolute atomic E-state index is 0.229. The monoisotopic (exact) mass is 244 g/mol. The van der Waals surface area contributed by atoms with Crippen LogP contribution in [0.15, 0.2) is 18.2 Å². The number of hydrogen-bond acceptors (Lipinski definition) is 4. The number of benzene rings is 1. The molecule has 0 amide bonds. The predicted octanol–water partition coefficient (Wildman–Crippen LogP) is 2.90. The summed E-state index contributed by atoms with van der Waals surface area (Å²) in [5.41, 5.74) is 0.0823. The van der Waals surface area contributed by atoms with Crippen molar-refractivity contribution >= 4 is 23.1 Å². The second-order valence-corrected chi connectivity index (χ2v) is 4.18. The van der Waals surface area contributed by atoms with Gasteiger partial charge in [0.25, 0.3) is 5.69 Å². The number of thioether (sulfide) groups is 1. The van der Waals surface area contributed by atoms with Gasteiger partial charge in [-0.25, -0.2) is 4.39 Å². The highest BCUT2D eigenvalue weighted by Crippen LogP contribution is 2.20. The van der Waals surface area contributed by atoms with Crippen LogP contribution in [-0.4, -0.2) is 23.5 Å². The fraction of sp³-hybridized carbons (Fsp3) is 0.400. The summed E-state index contributed by atoms with van der Waals surface area (Å²) in [5.74, 6) is 0.417. The van der Waals surface area contributed by atoms with Crippen LogP contribution < -0.4 is 5.32 Å². The number of non-ortho nitro benzene ring substituents is 1. The molecule has 0 atom stereocenters. The Hall–Kier alpha value is -1.30. The molecule has 0 aliphatic heterocycles. The average Bonchev–Trinajstić information content (AvgIpc) is 2.26. The first-order valence-corrected chi connectivity index (χ1v) is 6.21. The largest absolute Gasteiger partial charge is 0.383 e. The Labute approximate surface area is 97.4 Å². The molecule has 0 fully saturated rings. The number of nitrogens with one attached hydrogen (secondary N) is 1. The SMILES string of the molecule is CSCCCNc1ccc([N+](=O)[O-])cc1F. The van der Waals surface area contributed by atoms with E-state index in [1.165, 1.54) is 12.1 Å². The van der Waals surface area contributed by atoms with Gasteiger partial charge in [-0.05, 0) is 24.5 Å². The first-order chi connectivity index (χ1) is 7.65. The van der Waals surface area contributed by atoms with E-state index in [-0.39, 0.29) is 5.69 Å². The van der Waals surface area contributed by atoms with Gasteiger partial charge in [-0.1, -0.05) is 0 Å². The lowest BCUT2D eigenvalue weighted by atomic mass is 10.2. The summed E-state index contributed by atoms with van der Waals surface area (Å²) in [7, 11) is 0. The van der Waals surface area contributed by atoms with Gasteiger partial charge in [0, 0.05) is 12.6 Å². The quantitative estimate of drug-likeness (QED) is 0.475. The van der Waals surface area contributed by atoms with Crippen molar-refractivity contribution in [2.24, 2.45) is 0 Å². The Morgan fingerprint density at radius 2 is 2.31 bits per heavy atom. The number of nitro benzene ring substituents is 1. The summed E-state index contributed by atoms with van der Waals surface area (Å²) < 4.78 is 13.3. The van der Waals surface area contributed by atoms with Crippen LogP contribution in [0.3, 0.4) is 0 Å². The zero-order valence-corrected chi connectivity index (χ0v) is 9.72. The topological polar surface area (TPSA) is 55.2 Å². The normalized spacial score (nSPS) is 10.1. The van der Waals surface area contributed by atoms with Gasteiger partial charge in [0.2, 0.25) is 0 Å². The van der Waals surface area contributed by atoms with Crippen molar-refractivity contribution in [2.45, 2.75) is 6.42 Å². The van der Waals surface area contributed by atoms with Gasteiger partial charge in [0.1, 0.15) is 0 Å². The predicted molar refractivity (Wildman–Crippen MR) is 64.5 cm³/mol. The number of nitrogens with zero attached hydrogens (tertiary/aromatic N) is 1. The number of rotatable bonds is 6. The van der Waals surface area contributed by atoms with Crippen LogP contribution >= 0.6 is 11.8 Å². The van der Waals surface area contributed by atoms with E-state index in [9.17, 15) is 14.5 Å². The molecule has 0 bridgehead atoms. The molecule has 0 saturated carbocycles. The van der Waals surface area contributed by atoms with E-state index in [0.29, 0.717) is 12.2 Å². The molecular weight excluding hydrogens is 231 g/mol. The first kappa shape index (κ1) is 12.8. The molecule has 4 nitrogen and oxygen atoms in total. The van der Waals surface area contributed by atoms with Crippen molar-refractivity contribution in [3.8, 4) is 0 Å². The molecule has 88 valence electrons. The minimum Gasteiger partial charge on any atom is -0.383 e. The second kappa shape index (κ2) is 6.32. The van der Waals surface area contributed by atoms with E-state index in [1.807, 2.05) is 6.26 Å². The third kappa shape index (κ3) is 3.69. The lowest BCUT2D eigenvalue weighted by Gasteiger charge is -2.06. The zero-order chi connectivity index (χ0) is 12.0. The third-order valence-electron chi connectivity index (χ3n) is 2.00. The Bertz CT molecular complexity index is 374. The van der Waals surface area contributed by atoms with Crippen molar-refractivity contribution in [2.75, 3.05) is 23.9 Å². The molecule has 1 rings (SSSR count). The summed E-state index contributed by atoms with van der Waals surface area (Å²) >= 11 is 1.72. The van der Waals surface area contributed by atoms with E-state index in [1.54, 1.807) is 11.8 Å². The van der Waals surface area contributed by atoms with Crippen LogP contribution in [0, 0.1) is 15.9 Å². The van der Waals surface area contributed by atoms with E-state index < -0.39 is 10.7 Å². The number of halogens is 1. The van der Waals surface area contributed by atoms with E-state index in [0.717, 1.165) is 18.2 Å². The fourth-order valence-corrected chi connectivity index (χ4v) is 1.63. The van der Waals surface area contributed by atoms with Crippen molar-refractivity contribution in [3.05, 3.63) is 34.1 Å². The van der Waals surface area contributed by atoms with Crippen molar-refractivity contribution < 1.29 is 9.31 Å². The first-order valence-electron chi connectivity index (χ1n) is 4.82. The standard InChI is InChI=1S/C10H13FN2O2S/c1-16-6-2-5-12-10-4-3-8(13(14)15)7-9(10)11/h3-4,7,12H,2,5-6H2,1H3. The smallest absolute Gasteiger partial charge is 0.272 e. The van der Waals surface area contributed by atoms with E-state index in [2.05, 4.69) is 5.32 Å². The number of anilines is 1. The van der Waals surface area contributed by atoms with Gasteiger partial charge in [0.15, 0.2) is 5.82 Å². The maximum atomic E-state index is 13.3. The van der Waals surface area contributed by atoms with Crippen LogP contribution in [0.5, 0.6) is 0 Å². The molecule has 0 aliphatic carbocycles. The fourth-order valence-electron chi connectivity index (χ4n) is 1.20. The van der Waals surface area contributed by atoms with Crippen molar-refractivity contribution in [1.29, 1.82) is 0 Å². The summed E-state index contributed by atoms with van der Waals surface area (Å²) in [6.45, 7) is 0.662. The van der Waals surface area contributed by atoms with Crippen molar-refractivity contribution in [1.82, 2.24) is 0 Å². The average molecular weight is 244 g/mol. The van der Waals surface area contributed by atoms with E-state index in [4.69, 9.17) is 0 Å². The van der Waals surface area contributed by atoms with Crippen LogP contribution in [0.4, 0.5) is 15.8 Å². The number of nitro groups is 1. The van der Waals surface area contributed by atoms with Gasteiger partial charge < -0.3 is 5.32 Å². The molecule has 1 N–H and O–H groups in total. The Kier molecular flexibility index (Phi) is 5.04. The Morgan fingerprint density at radius 1 is 1.56 bits per heavy atom. The summed E-state index contributed by atoms with van der Waals surface area (Å²) in [6, 6.07) is 3.61. The van der Waals surface area contributed by atoms with Crippen LogP contribution in [-0.2, 0) is 0 Å². The second-order valence-electron chi connectivity index (χ2n) is 3.19. The molecule has 1 aromatic carbocycles. The number of hydrogen-bond donors (Lipinski definition) is 1. The highest BCUT2D eigenvalue weighted by atomic mass is 32.2. The van der Waals surface area contributed by atoms with Gasteiger partial charge in [-0.2, -0.15) is 11.8 Å². The van der Waals surface area contributed by atoms with Gasteiger partial charge in [-0.3, -0.25) is 10.1 Å². The molecule has 0 spiro atoms. The summed E-state index contributed by atoms with van der Waals surface area (Å²) in [5, 5.41) is 13.3. The zero-order valence-electron chi connectivity index (χ0n) is 8.90. The molecule has 0 aliphatic rings. The van der Waals surface area contributed by atoms with Crippen molar-refractivity contribution in [3.63, 3.8) is 0 Å². The maximum absolute atomic E-state index is 13.3. The lowest BCUT2D eigenvalue weighted by Crippen LogP contribution is -2.04. The highest BCUT2D eigenvalue weighted by molar-refractivity contribution is 7.98. The lowest BCUT2D eigenvalue weighted by molar-refractivity contribution is -0.385. The maximum Gasteiger partial charge on any atom is 0.272 e. The summed E-state index contributed by atoms with van der Waals surface area (Å²) in [4.78, 5) is 9.77. The third-order valence-corrected chi connectivity index (χ3v) is 2.70. The highest BCUT2D eigenvalue weighted by Gasteiger charge is 2.09. The molecule has 0 aromatic heterocycles. The Balaban J connectivity index is 2.57. The van der Waals surface area contributed by atoms with Crippen LogP contribution in [0.25, 0.3) is 0 Å². The molecule has 0 saturated heterocycles. The van der Waals surface area contributed by atoms with Gasteiger partial charge >= 0.3 is 0 Å². The molecule has 0 radical (unpaired) electrons. The van der Waals surface area contributed by atoms with Crippen LogP contribution in [0.1, 0.15) is 6.42 Å². The molecule has 6 heteroatoms. The van der Waals surface area contributed by atoms with Gasteiger partial charge in [-0.15, -0.1) is 0 Å². The van der Waals surface area contributed by atoms with E-state index >= 15 is 0 Å². The molecule has 1 aromatic rings.